The molecule has 0 saturated heterocycles. The summed E-state index contributed by atoms with van der Waals surface area (Å²) in [6, 6.07) is 15.8. The second-order valence-electron chi connectivity index (χ2n) is 6.08. The predicted octanol–water partition coefficient (Wildman–Crippen LogP) is 3.77. The smallest absolute Gasteiger partial charge is 0.310 e. The minimum absolute atomic E-state index is 0.165. The Morgan fingerprint density at radius 3 is 2.44 bits per heavy atom. The van der Waals surface area contributed by atoms with E-state index in [1.54, 1.807) is 7.11 Å². The first-order valence-electron chi connectivity index (χ1n) is 8.07. The average Bonchev–Trinajstić information content (AvgIpc) is 2.64. The molecule has 0 aliphatic carbocycles. The molecule has 0 heterocycles. The molecular formula is C19H18N2O5S. The van der Waals surface area contributed by atoms with E-state index in [0.29, 0.717) is 6.54 Å². The van der Waals surface area contributed by atoms with E-state index in [1.165, 1.54) is 18.2 Å². The zero-order chi connectivity index (χ0) is 19.6. The fraction of sp³-hybridized carbons (Fsp3) is 0.158. The summed E-state index contributed by atoms with van der Waals surface area (Å²) >= 11 is 0. The number of rotatable bonds is 6. The normalized spacial score (nSPS) is 11.3. The van der Waals surface area contributed by atoms with Crippen LogP contribution in [0.3, 0.4) is 0 Å². The van der Waals surface area contributed by atoms with Crippen LogP contribution in [0.2, 0.25) is 0 Å². The molecule has 0 saturated carbocycles. The zero-order valence-corrected chi connectivity index (χ0v) is 15.6. The number of benzene rings is 3. The lowest BCUT2D eigenvalue weighted by Gasteiger charge is -2.10. The van der Waals surface area contributed by atoms with Crippen molar-refractivity contribution >= 4 is 32.0 Å². The number of nitrogens with one attached hydrogen (secondary N) is 1. The molecule has 8 heteroatoms. The van der Waals surface area contributed by atoms with Gasteiger partial charge in [-0.1, -0.05) is 24.3 Å². The van der Waals surface area contributed by atoms with Crippen LogP contribution in [0.15, 0.2) is 59.5 Å². The van der Waals surface area contributed by atoms with Gasteiger partial charge in [-0.2, -0.15) is 0 Å². The molecule has 3 rings (SSSR count). The predicted molar refractivity (Wildman–Crippen MR) is 104 cm³/mol. The molecule has 27 heavy (non-hydrogen) atoms. The van der Waals surface area contributed by atoms with Crippen molar-refractivity contribution in [3.63, 3.8) is 0 Å². The van der Waals surface area contributed by atoms with Crippen LogP contribution in [-0.4, -0.2) is 26.7 Å². The molecule has 0 unspecified atom stereocenters. The Morgan fingerprint density at radius 1 is 1.07 bits per heavy atom. The first-order valence-corrected chi connectivity index (χ1v) is 9.97. The summed E-state index contributed by atoms with van der Waals surface area (Å²) in [5.41, 5.74) is 0.634. The number of ether oxygens (including phenoxy) is 1. The number of sulfone groups is 1. The second kappa shape index (κ2) is 7.24. The highest BCUT2D eigenvalue weighted by Crippen LogP contribution is 2.32. The van der Waals surface area contributed by atoms with Gasteiger partial charge in [-0.3, -0.25) is 10.1 Å². The third-order valence-electron chi connectivity index (χ3n) is 4.18. The van der Waals surface area contributed by atoms with Crippen LogP contribution >= 0.6 is 0 Å². The van der Waals surface area contributed by atoms with Crippen molar-refractivity contribution in [1.29, 1.82) is 0 Å². The Hall–Kier alpha value is -3.13. The van der Waals surface area contributed by atoms with Crippen LogP contribution in [0.4, 0.5) is 11.4 Å². The molecule has 0 bridgehead atoms. The Kier molecular flexibility index (Phi) is 5.00. The Labute approximate surface area is 156 Å². The summed E-state index contributed by atoms with van der Waals surface area (Å²) in [6.07, 6.45) is 0.955. The van der Waals surface area contributed by atoms with Gasteiger partial charge in [0, 0.05) is 12.8 Å². The number of methoxy groups -OCH3 is 1. The maximum Gasteiger partial charge on any atom is 0.310 e. The minimum Gasteiger partial charge on any atom is -0.497 e. The van der Waals surface area contributed by atoms with E-state index >= 15 is 0 Å². The fourth-order valence-corrected chi connectivity index (χ4v) is 3.72. The van der Waals surface area contributed by atoms with Gasteiger partial charge >= 0.3 is 5.69 Å². The van der Waals surface area contributed by atoms with Gasteiger partial charge in [0.15, 0.2) is 9.84 Å². The number of hydrogen-bond acceptors (Lipinski definition) is 6. The molecular weight excluding hydrogens is 368 g/mol. The van der Waals surface area contributed by atoms with Crippen molar-refractivity contribution in [1.82, 2.24) is 0 Å². The first kappa shape index (κ1) is 18.7. The number of para-hydroxylation sites is 1. The third kappa shape index (κ3) is 4.01. The van der Waals surface area contributed by atoms with E-state index in [-0.39, 0.29) is 10.6 Å². The SMILES string of the molecule is COc1ccc2cc(CNc3cccc(S(C)(=O)=O)c3[N+](=O)[O-])ccc2c1. The molecule has 0 radical (unpaired) electrons. The summed E-state index contributed by atoms with van der Waals surface area (Å²) < 4.78 is 28.9. The summed E-state index contributed by atoms with van der Waals surface area (Å²) in [5.74, 6) is 0.765. The Balaban J connectivity index is 1.91. The monoisotopic (exact) mass is 386 g/mol. The standard InChI is InChI=1S/C19H18N2O5S/c1-26-16-9-8-14-10-13(6-7-15(14)11-16)12-20-17-4-3-5-18(27(2,24)25)19(17)21(22)23/h3-11,20H,12H2,1-2H3. The van der Waals surface area contributed by atoms with Crippen molar-refractivity contribution < 1.29 is 18.1 Å². The average molecular weight is 386 g/mol. The largest absolute Gasteiger partial charge is 0.497 e. The summed E-state index contributed by atoms with van der Waals surface area (Å²) in [4.78, 5) is 10.4. The molecule has 3 aromatic rings. The molecule has 0 atom stereocenters. The molecule has 0 aliphatic rings. The van der Waals surface area contributed by atoms with Gasteiger partial charge < -0.3 is 10.1 Å². The topological polar surface area (TPSA) is 98.5 Å². The van der Waals surface area contributed by atoms with E-state index in [1.807, 2.05) is 36.4 Å². The maximum atomic E-state index is 11.8. The molecule has 1 N–H and O–H groups in total. The number of nitro benzene ring substituents is 1. The van der Waals surface area contributed by atoms with Gasteiger partial charge in [-0.25, -0.2) is 8.42 Å². The molecule has 3 aromatic carbocycles. The zero-order valence-electron chi connectivity index (χ0n) is 14.8. The fourth-order valence-electron chi connectivity index (χ4n) is 2.86. The highest BCUT2D eigenvalue weighted by molar-refractivity contribution is 7.90. The summed E-state index contributed by atoms with van der Waals surface area (Å²) in [5, 5.41) is 16.4. The minimum atomic E-state index is -3.71. The number of nitro groups is 1. The maximum absolute atomic E-state index is 11.8. The van der Waals surface area contributed by atoms with Gasteiger partial charge in [0.2, 0.25) is 0 Å². The summed E-state index contributed by atoms with van der Waals surface area (Å²) in [6.45, 7) is 0.316. The first-order chi connectivity index (χ1) is 12.8. The Morgan fingerprint density at radius 2 is 1.78 bits per heavy atom. The van der Waals surface area contributed by atoms with Crippen LogP contribution in [0.1, 0.15) is 5.56 Å². The molecule has 7 nitrogen and oxygen atoms in total. The molecule has 0 amide bonds. The van der Waals surface area contributed by atoms with E-state index in [4.69, 9.17) is 4.74 Å². The van der Waals surface area contributed by atoms with Crippen LogP contribution in [-0.2, 0) is 16.4 Å². The van der Waals surface area contributed by atoms with Crippen LogP contribution in [0, 0.1) is 10.1 Å². The Bertz CT molecular complexity index is 1130. The van der Waals surface area contributed by atoms with Crippen molar-refractivity contribution in [3.8, 4) is 5.75 Å². The van der Waals surface area contributed by atoms with Crippen LogP contribution in [0.25, 0.3) is 10.8 Å². The van der Waals surface area contributed by atoms with Gasteiger partial charge in [0.1, 0.15) is 16.3 Å². The van der Waals surface area contributed by atoms with Crippen LogP contribution < -0.4 is 10.1 Å². The van der Waals surface area contributed by atoms with E-state index < -0.39 is 20.4 Å². The molecule has 0 aliphatic heterocycles. The molecule has 0 aromatic heterocycles. The van der Waals surface area contributed by atoms with Crippen molar-refractivity contribution in [2.75, 3.05) is 18.7 Å². The highest BCUT2D eigenvalue weighted by Gasteiger charge is 2.25. The lowest BCUT2D eigenvalue weighted by atomic mass is 10.1. The van der Waals surface area contributed by atoms with Gasteiger partial charge in [0.25, 0.3) is 0 Å². The van der Waals surface area contributed by atoms with Crippen LogP contribution in [0.5, 0.6) is 5.75 Å². The lowest BCUT2D eigenvalue weighted by Crippen LogP contribution is -2.07. The number of anilines is 1. The lowest BCUT2D eigenvalue weighted by molar-refractivity contribution is -0.386. The highest BCUT2D eigenvalue weighted by atomic mass is 32.2. The second-order valence-corrected chi connectivity index (χ2v) is 8.07. The quantitative estimate of drug-likeness (QED) is 0.511. The summed E-state index contributed by atoms with van der Waals surface area (Å²) in [7, 11) is -2.10. The third-order valence-corrected chi connectivity index (χ3v) is 5.30. The number of nitrogens with zero attached hydrogens (tertiary/aromatic N) is 1. The molecule has 0 spiro atoms. The molecule has 0 fully saturated rings. The van der Waals surface area contributed by atoms with Gasteiger partial charge in [0.05, 0.1) is 12.0 Å². The van der Waals surface area contributed by atoms with E-state index in [0.717, 1.165) is 28.3 Å². The molecule has 140 valence electrons. The van der Waals surface area contributed by atoms with Crippen molar-refractivity contribution in [2.24, 2.45) is 0 Å². The van der Waals surface area contributed by atoms with Crippen molar-refractivity contribution in [3.05, 3.63) is 70.3 Å². The number of hydrogen-bond donors (Lipinski definition) is 1. The van der Waals surface area contributed by atoms with E-state index in [2.05, 4.69) is 5.32 Å². The number of fused-ring (bicyclic) bond motifs is 1. The van der Waals surface area contributed by atoms with Gasteiger partial charge in [-0.05, 0) is 46.7 Å². The van der Waals surface area contributed by atoms with E-state index in [9.17, 15) is 18.5 Å². The van der Waals surface area contributed by atoms with Crippen molar-refractivity contribution in [2.45, 2.75) is 11.4 Å². The van der Waals surface area contributed by atoms with Gasteiger partial charge in [-0.15, -0.1) is 0 Å².